The van der Waals surface area contributed by atoms with Crippen molar-refractivity contribution in [3.05, 3.63) is 96.3 Å². The van der Waals surface area contributed by atoms with Crippen LogP contribution in [0.15, 0.2) is 94.8 Å². The molecule has 5 nitrogen and oxygen atoms in total. The Morgan fingerprint density at radius 1 is 1.14 bits per heavy atom. The summed E-state index contributed by atoms with van der Waals surface area (Å²) in [6.07, 6.45) is 12.4. The summed E-state index contributed by atoms with van der Waals surface area (Å²) in [4.78, 5) is 25.8. The highest BCUT2D eigenvalue weighted by molar-refractivity contribution is 7.99. The molecule has 0 spiro atoms. The maximum Gasteiger partial charge on any atom is 0.252 e. The van der Waals surface area contributed by atoms with Crippen molar-refractivity contribution in [3.63, 3.8) is 0 Å². The van der Waals surface area contributed by atoms with Crippen LogP contribution in [0.1, 0.15) is 42.7 Å². The van der Waals surface area contributed by atoms with E-state index in [1.54, 1.807) is 18.8 Å². The zero-order chi connectivity index (χ0) is 25.2. The molecule has 2 aromatic carbocycles. The van der Waals surface area contributed by atoms with Gasteiger partial charge in [0.25, 0.3) is 5.91 Å². The first kappa shape index (κ1) is 26.0. The molecule has 0 fully saturated rings. The molecule has 0 atom stereocenters. The SMILES string of the molecule is C=C(/C=C\C=C/CC(=O)CC(C)C)/C=C/c1n[nH]c2cc(Sc3ccccc3C(=O)NC)ccc12. The number of carbonyl (C=O) groups is 2. The van der Waals surface area contributed by atoms with Gasteiger partial charge in [-0.2, -0.15) is 5.10 Å². The van der Waals surface area contributed by atoms with Crippen molar-refractivity contribution in [2.24, 2.45) is 5.92 Å². The lowest BCUT2D eigenvalue weighted by molar-refractivity contribution is -0.118. The number of H-pyrrole nitrogens is 1. The first-order chi connectivity index (χ1) is 16.9. The van der Waals surface area contributed by atoms with Crippen molar-refractivity contribution >= 4 is 40.4 Å². The topological polar surface area (TPSA) is 74.8 Å². The molecule has 3 rings (SSSR count). The number of nitrogens with zero attached hydrogens (tertiary/aromatic N) is 1. The molecule has 2 N–H and O–H groups in total. The van der Waals surface area contributed by atoms with Crippen LogP contribution in [-0.4, -0.2) is 28.9 Å². The van der Waals surface area contributed by atoms with E-state index in [1.807, 2.05) is 92.8 Å². The summed E-state index contributed by atoms with van der Waals surface area (Å²) in [6.45, 7) is 8.15. The number of benzene rings is 2. The number of carbonyl (C=O) groups excluding carboxylic acids is 2. The van der Waals surface area contributed by atoms with Gasteiger partial charge in [0.15, 0.2) is 0 Å². The molecule has 3 aromatic rings. The maximum absolute atomic E-state index is 12.1. The zero-order valence-electron chi connectivity index (χ0n) is 20.4. The number of aromatic amines is 1. The first-order valence-electron chi connectivity index (χ1n) is 11.6. The molecule has 0 saturated carbocycles. The third-order valence-electron chi connectivity index (χ3n) is 5.14. The number of allylic oxidation sites excluding steroid dienone is 6. The third-order valence-corrected chi connectivity index (χ3v) is 6.21. The molecular weight excluding hydrogens is 454 g/mol. The van der Waals surface area contributed by atoms with E-state index in [0.717, 1.165) is 32.0 Å². The van der Waals surface area contributed by atoms with Crippen LogP contribution in [0, 0.1) is 5.92 Å². The molecular formula is C29H31N3O2S. The summed E-state index contributed by atoms with van der Waals surface area (Å²) in [5, 5.41) is 11.2. The van der Waals surface area contributed by atoms with E-state index in [9.17, 15) is 9.59 Å². The number of amides is 1. The molecule has 0 unspecified atom stereocenters. The highest BCUT2D eigenvalue weighted by Crippen LogP contribution is 2.32. The number of Topliss-reactive ketones (excluding diaryl/α,β-unsaturated/α-hetero) is 1. The van der Waals surface area contributed by atoms with Gasteiger partial charge in [0.2, 0.25) is 0 Å². The van der Waals surface area contributed by atoms with Gasteiger partial charge in [0, 0.05) is 35.1 Å². The molecule has 1 amide bonds. The van der Waals surface area contributed by atoms with Crippen LogP contribution in [0.3, 0.4) is 0 Å². The number of rotatable bonds is 11. The molecule has 180 valence electrons. The summed E-state index contributed by atoms with van der Waals surface area (Å²) < 4.78 is 0. The maximum atomic E-state index is 12.1. The number of ketones is 1. The largest absolute Gasteiger partial charge is 0.355 e. The van der Waals surface area contributed by atoms with Crippen LogP contribution < -0.4 is 5.32 Å². The summed E-state index contributed by atoms with van der Waals surface area (Å²) in [7, 11) is 1.63. The second-order valence-electron chi connectivity index (χ2n) is 8.53. The fourth-order valence-electron chi connectivity index (χ4n) is 3.45. The zero-order valence-corrected chi connectivity index (χ0v) is 21.2. The van der Waals surface area contributed by atoms with E-state index in [2.05, 4.69) is 22.1 Å². The number of hydrogen-bond donors (Lipinski definition) is 2. The molecule has 0 saturated heterocycles. The van der Waals surface area contributed by atoms with Gasteiger partial charge in [-0.15, -0.1) is 0 Å². The van der Waals surface area contributed by atoms with Crippen molar-refractivity contribution < 1.29 is 9.59 Å². The van der Waals surface area contributed by atoms with E-state index in [4.69, 9.17) is 0 Å². The smallest absolute Gasteiger partial charge is 0.252 e. The van der Waals surface area contributed by atoms with Crippen LogP contribution in [0.25, 0.3) is 17.0 Å². The summed E-state index contributed by atoms with van der Waals surface area (Å²) in [5.74, 6) is 0.545. The average molecular weight is 486 g/mol. The van der Waals surface area contributed by atoms with E-state index < -0.39 is 0 Å². The monoisotopic (exact) mass is 485 g/mol. The molecule has 0 aliphatic rings. The van der Waals surface area contributed by atoms with Crippen LogP contribution in [0.5, 0.6) is 0 Å². The summed E-state index contributed by atoms with van der Waals surface area (Å²) in [6, 6.07) is 13.6. The van der Waals surface area contributed by atoms with E-state index in [-0.39, 0.29) is 11.7 Å². The van der Waals surface area contributed by atoms with Gasteiger partial charge >= 0.3 is 0 Å². The molecule has 1 aromatic heterocycles. The Kier molecular flexibility index (Phi) is 9.44. The Morgan fingerprint density at radius 2 is 1.94 bits per heavy atom. The van der Waals surface area contributed by atoms with Crippen LogP contribution >= 0.6 is 11.8 Å². The second-order valence-corrected chi connectivity index (χ2v) is 9.65. The lowest BCUT2D eigenvalue weighted by Crippen LogP contribution is -2.18. The number of nitrogens with one attached hydrogen (secondary N) is 2. The highest BCUT2D eigenvalue weighted by atomic mass is 32.2. The number of aromatic nitrogens is 2. The van der Waals surface area contributed by atoms with E-state index in [0.29, 0.717) is 24.3 Å². The van der Waals surface area contributed by atoms with Crippen molar-refractivity contribution in [2.45, 2.75) is 36.5 Å². The van der Waals surface area contributed by atoms with Crippen molar-refractivity contribution in [3.8, 4) is 0 Å². The molecule has 1 heterocycles. The van der Waals surface area contributed by atoms with E-state index in [1.165, 1.54) is 0 Å². The van der Waals surface area contributed by atoms with Crippen LogP contribution in [0.4, 0.5) is 0 Å². The van der Waals surface area contributed by atoms with Gasteiger partial charge in [-0.05, 0) is 47.9 Å². The van der Waals surface area contributed by atoms with E-state index >= 15 is 0 Å². The van der Waals surface area contributed by atoms with Gasteiger partial charge in [-0.3, -0.25) is 14.7 Å². The Balaban J connectivity index is 1.63. The molecule has 0 radical (unpaired) electrons. The van der Waals surface area contributed by atoms with Gasteiger partial charge in [0.05, 0.1) is 16.8 Å². The predicted octanol–water partition coefficient (Wildman–Crippen LogP) is 6.76. The highest BCUT2D eigenvalue weighted by Gasteiger charge is 2.11. The molecule has 0 bridgehead atoms. The van der Waals surface area contributed by atoms with Gasteiger partial charge in [0.1, 0.15) is 5.78 Å². The van der Waals surface area contributed by atoms with Crippen LogP contribution in [0.2, 0.25) is 0 Å². The minimum atomic E-state index is -0.104. The number of hydrogen-bond acceptors (Lipinski definition) is 4. The van der Waals surface area contributed by atoms with Gasteiger partial charge in [-0.25, -0.2) is 0 Å². The molecule has 0 aliphatic heterocycles. The molecule has 6 heteroatoms. The number of fused-ring (bicyclic) bond motifs is 1. The van der Waals surface area contributed by atoms with Gasteiger partial charge < -0.3 is 5.32 Å². The normalized spacial score (nSPS) is 11.9. The van der Waals surface area contributed by atoms with Crippen molar-refractivity contribution in [2.75, 3.05) is 7.05 Å². The fraction of sp³-hybridized carbons (Fsp3) is 0.207. The summed E-state index contributed by atoms with van der Waals surface area (Å²) in [5.41, 5.74) is 3.23. The van der Waals surface area contributed by atoms with Crippen molar-refractivity contribution in [1.29, 1.82) is 0 Å². The quantitative estimate of drug-likeness (QED) is 0.294. The lowest BCUT2D eigenvalue weighted by Gasteiger charge is -2.08. The first-order valence-corrected chi connectivity index (χ1v) is 12.4. The third kappa shape index (κ3) is 7.69. The Hall–Kier alpha value is -3.64. The molecule has 0 aliphatic carbocycles. The Labute approximate surface area is 211 Å². The minimum absolute atomic E-state index is 0.104. The Bertz CT molecular complexity index is 1300. The minimum Gasteiger partial charge on any atom is -0.355 e. The molecule has 35 heavy (non-hydrogen) atoms. The predicted molar refractivity (Wildman–Crippen MR) is 146 cm³/mol. The van der Waals surface area contributed by atoms with Gasteiger partial charge in [-0.1, -0.05) is 74.7 Å². The fourth-order valence-corrected chi connectivity index (χ4v) is 4.44. The Morgan fingerprint density at radius 3 is 2.71 bits per heavy atom. The second kappa shape index (κ2) is 12.7. The van der Waals surface area contributed by atoms with Crippen LogP contribution in [-0.2, 0) is 4.79 Å². The average Bonchev–Trinajstić information content (AvgIpc) is 3.24. The van der Waals surface area contributed by atoms with Crippen molar-refractivity contribution in [1.82, 2.24) is 15.5 Å². The summed E-state index contributed by atoms with van der Waals surface area (Å²) >= 11 is 1.54. The standard InChI is InChI=1S/C29H31N3O2S/c1-20(2)18-22(33)11-7-5-6-10-21(3)14-17-26-24-16-15-23(19-27(24)32-31-26)35-28-13-9-8-12-25(28)29(34)30-4/h5-10,12-17,19-20H,3,11,18H2,1-2,4H3,(H,30,34)(H,31,32)/b7-5-,10-6-,17-14+. The lowest BCUT2D eigenvalue weighted by atomic mass is 10.1.